The summed E-state index contributed by atoms with van der Waals surface area (Å²) in [7, 11) is 3.13. The number of carbonyl (C=O) groups is 1. The number of anilines is 1. The molecule has 7 heteroatoms. The van der Waals surface area contributed by atoms with E-state index >= 15 is 0 Å². The molecule has 138 valence electrons. The summed E-state index contributed by atoms with van der Waals surface area (Å²) in [6.07, 6.45) is 1.80. The number of benzene rings is 2. The predicted molar refractivity (Wildman–Crippen MR) is 93.8 cm³/mol. The second-order valence-electron chi connectivity index (χ2n) is 6.25. The van der Waals surface area contributed by atoms with Crippen molar-refractivity contribution >= 4 is 11.7 Å². The predicted octanol–water partition coefficient (Wildman–Crippen LogP) is 3.84. The van der Waals surface area contributed by atoms with Gasteiger partial charge in [-0.15, -0.1) is 0 Å². The summed E-state index contributed by atoms with van der Waals surface area (Å²) >= 11 is 0. The molecule has 2 aromatic carbocycles. The molecular weight excluding hydrogens is 342 g/mol. The van der Waals surface area contributed by atoms with Crippen molar-refractivity contribution in [2.75, 3.05) is 26.1 Å². The van der Waals surface area contributed by atoms with E-state index in [9.17, 15) is 13.6 Å². The maximum absolute atomic E-state index is 13.6. The molecule has 2 aromatic rings. The number of nitrogens with one attached hydrogen (secondary N) is 2. The third-order valence-corrected chi connectivity index (χ3v) is 4.64. The van der Waals surface area contributed by atoms with Crippen LogP contribution in [0.4, 0.5) is 19.3 Å². The lowest BCUT2D eigenvalue weighted by Gasteiger charge is -2.19. The maximum Gasteiger partial charge on any atom is 0.319 e. The van der Waals surface area contributed by atoms with Crippen LogP contribution < -0.4 is 20.1 Å². The number of amides is 2. The third-order valence-electron chi connectivity index (χ3n) is 4.64. The van der Waals surface area contributed by atoms with Crippen LogP contribution in [0.2, 0.25) is 0 Å². The van der Waals surface area contributed by atoms with Crippen molar-refractivity contribution in [1.29, 1.82) is 0 Å². The minimum atomic E-state index is -0.818. The fourth-order valence-corrected chi connectivity index (χ4v) is 2.91. The molecule has 1 aliphatic carbocycles. The van der Waals surface area contributed by atoms with Crippen LogP contribution in [0.15, 0.2) is 36.4 Å². The molecule has 0 atom stereocenters. The number of halogens is 2. The molecule has 2 amide bonds. The lowest BCUT2D eigenvalue weighted by molar-refractivity contribution is 0.251. The van der Waals surface area contributed by atoms with Crippen LogP contribution in [0.25, 0.3) is 0 Å². The van der Waals surface area contributed by atoms with Crippen LogP contribution in [0.5, 0.6) is 11.5 Å². The van der Waals surface area contributed by atoms with Gasteiger partial charge in [0.05, 0.1) is 14.2 Å². The van der Waals surface area contributed by atoms with E-state index in [0.29, 0.717) is 18.0 Å². The van der Waals surface area contributed by atoms with Gasteiger partial charge in [-0.25, -0.2) is 13.6 Å². The monoisotopic (exact) mass is 362 g/mol. The van der Waals surface area contributed by atoms with Crippen molar-refractivity contribution in [2.45, 2.75) is 18.3 Å². The van der Waals surface area contributed by atoms with Crippen LogP contribution >= 0.6 is 0 Å². The second-order valence-corrected chi connectivity index (χ2v) is 6.25. The summed E-state index contributed by atoms with van der Waals surface area (Å²) in [6.45, 7) is 0.352. The quantitative estimate of drug-likeness (QED) is 0.821. The lowest BCUT2D eigenvalue weighted by Crippen LogP contribution is -2.35. The number of para-hydroxylation sites is 1. The van der Waals surface area contributed by atoms with Gasteiger partial charge in [0.15, 0.2) is 11.5 Å². The highest BCUT2D eigenvalue weighted by molar-refractivity contribution is 5.89. The largest absolute Gasteiger partial charge is 0.493 e. The molecule has 0 aliphatic heterocycles. The van der Waals surface area contributed by atoms with Gasteiger partial charge in [-0.05, 0) is 42.7 Å². The SMILES string of the molecule is COc1ccc(C2(CNC(=O)Nc3c(F)cccc3F)CC2)cc1OC. The second kappa shape index (κ2) is 7.19. The summed E-state index contributed by atoms with van der Waals surface area (Å²) in [6, 6.07) is 8.41. The zero-order valence-electron chi connectivity index (χ0n) is 14.6. The molecule has 0 unspecified atom stereocenters. The van der Waals surface area contributed by atoms with E-state index in [2.05, 4.69) is 10.6 Å². The fourth-order valence-electron chi connectivity index (χ4n) is 2.91. The first kappa shape index (κ1) is 18.0. The number of hydrogen-bond donors (Lipinski definition) is 2. The Morgan fingerprint density at radius 3 is 2.31 bits per heavy atom. The Kier molecular flexibility index (Phi) is 4.97. The molecule has 1 saturated carbocycles. The van der Waals surface area contributed by atoms with E-state index in [1.807, 2.05) is 18.2 Å². The molecule has 5 nitrogen and oxygen atoms in total. The highest BCUT2D eigenvalue weighted by atomic mass is 19.1. The fraction of sp³-hybridized carbons (Fsp3) is 0.316. The highest BCUT2D eigenvalue weighted by Gasteiger charge is 2.44. The third kappa shape index (κ3) is 3.56. The summed E-state index contributed by atoms with van der Waals surface area (Å²) in [5.74, 6) is -0.385. The van der Waals surface area contributed by atoms with Gasteiger partial charge in [-0.1, -0.05) is 12.1 Å². The van der Waals surface area contributed by atoms with Crippen molar-refractivity contribution in [1.82, 2.24) is 5.32 Å². The van der Waals surface area contributed by atoms with E-state index in [1.165, 1.54) is 6.07 Å². The molecule has 0 spiro atoms. The van der Waals surface area contributed by atoms with Crippen molar-refractivity contribution in [3.8, 4) is 11.5 Å². The van der Waals surface area contributed by atoms with Gasteiger partial charge < -0.3 is 20.1 Å². The number of methoxy groups -OCH3 is 2. The smallest absolute Gasteiger partial charge is 0.319 e. The number of hydrogen-bond acceptors (Lipinski definition) is 3. The van der Waals surface area contributed by atoms with Crippen LogP contribution in [-0.2, 0) is 5.41 Å². The lowest BCUT2D eigenvalue weighted by atomic mass is 9.95. The molecule has 1 aliphatic rings. The van der Waals surface area contributed by atoms with Crippen LogP contribution in [-0.4, -0.2) is 26.8 Å². The van der Waals surface area contributed by atoms with Gasteiger partial charge in [-0.3, -0.25) is 0 Å². The number of rotatable bonds is 6. The summed E-state index contributed by atoms with van der Waals surface area (Å²) in [4.78, 5) is 12.0. The molecule has 26 heavy (non-hydrogen) atoms. The van der Waals surface area contributed by atoms with Crippen molar-refractivity contribution in [3.05, 3.63) is 53.6 Å². The van der Waals surface area contributed by atoms with Gasteiger partial charge in [0.25, 0.3) is 0 Å². The van der Waals surface area contributed by atoms with E-state index in [1.54, 1.807) is 14.2 Å². The summed E-state index contributed by atoms with van der Waals surface area (Å²) in [5.41, 5.74) is 0.360. The van der Waals surface area contributed by atoms with Gasteiger partial charge in [0.2, 0.25) is 0 Å². The Hall–Kier alpha value is -2.83. The first-order valence-corrected chi connectivity index (χ1v) is 8.20. The first-order chi connectivity index (χ1) is 12.5. The van der Waals surface area contributed by atoms with Crippen molar-refractivity contribution < 1.29 is 23.0 Å². The molecule has 0 heterocycles. The van der Waals surface area contributed by atoms with E-state index in [4.69, 9.17) is 9.47 Å². The number of urea groups is 1. The van der Waals surface area contributed by atoms with E-state index < -0.39 is 23.4 Å². The molecule has 0 aromatic heterocycles. The Bertz CT molecular complexity index is 802. The minimum Gasteiger partial charge on any atom is -0.493 e. The van der Waals surface area contributed by atoms with Gasteiger partial charge >= 0.3 is 6.03 Å². The van der Waals surface area contributed by atoms with Crippen LogP contribution in [0.3, 0.4) is 0 Å². The van der Waals surface area contributed by atoms with Crippen LogP contribution in [0.1, 0.15) is 18.4 Å². The standard InChI is InChI=1S/C19H20F2N2O3/c1-25-15-7-6-12(10-16(15)26-2)19(8-9-19)11-22-18(24)23-17-13(20)4-3-5-14(17)21/h3-7,10H,8-9,11H2,1-2H3,(H2,22,23,24). The number of carbonyl (C=O) groups excluding carboxylic acids is 1. The topological polar surface area (TPSA) is 59.6 Å². The zero-order valence-corrected chi connectivity index (χ0v) is 14.6. The molecule has 0 bridgehead atoms. The Balaban J connectivity index is 1.67. The summed E-state index contributed by atoms with van der Waals surface area (Å²) < 4.78 is 37.8. The molecule has 0 radical (unpaired) electrons. The van der Waals surface area contributed by atoms with E-state index in [0.717, 1.165) is 30.5 Å². The Morgan fingerprint density at radius 2 is 1.73 bits per heavy atom. The number of ether oxygens (including phenoxy) is 2. The van der Waals surface area contributed by atoms with Gasteiger partial charge in [-0.2, -0.15) is 0 Å². The molecule has 2 N–H and O–H groups in total. The maximum atomic E-state index is 13.6. The highest BCUT2D eigenvalue weighted by Crippen LogP contribution is 2.49. The normalized spacial score (nSPS) is 14.5. The van der Waals surface area contributed by atoms with Gasteiger partial charge in [0, 0.05) is 12.0 Å². The molecule has 0 saturated heterocycles. The average molecular weight is 362 g/mol. The molecular formula is C19H20F2N2O3. The molecule has 3 rings (SSSR count). The van der Waals surface area contributed by atoms with E-state index in [-0.39, 0.29) is 5.41 Å². The van der Waals surface area contributed by atoms with Crippen LogP contribution in [0, 0.1) is 11.6 Å². The van der Waals surface area contributed by atoms with Gasteiger partial charge in [0.1, 0.15) is 17.3 Å². The average Bonchev–Trinajstić information content (AvgIpc) is 3.44. The van der Waals surface area contributed by atoms with Crippen molar-refractivity contribution in [2.24, 2.45) is 0 Å². The summed E-state index contributed by atoms with van der Waals surface area (Å²) in [5, 5.41) is 4.92. The minimum absolute atomic E-state index is 0.204. The zero-order chi connectivity index (χ0) is 18.7. The van der Waals surface area contributed by atoms with Crippen molar-refractivity contribution in [3.63, 3.8) is 0 Å². The Labute approximate surface area is 150 Å². The first-order valence-electron chi connectivity index (χ1n) is 8.20. The molecule has 1 fully saturated rings. The Morgan fingerprint density at radius 1 is 1.08 bits per heavy atom.